The van der Waals surface area contributed by atoms with Crippen LogP contribution in [0.3, 0.4) is 0 Å². The molecule has 0 aromatic carbocycles. The van der Waals surface area contributed by atoms with E-state index in [0.717, 1.165) is 19.8 Å². The molecule has 1 unspecified atom stereocenters. The van der Waals surface area contributed by atoms with E-state index in [9.17, 15) is 0 Å². The summed E-state index contributed by atoms with van der Waals surface area (Å²) in [5.41, 5.74) is 0.105. The van der Waals surface area contributed by atoms with Crippen LogP contribution in [0.15, 0.2) is 0 Å². The minimum Gasteiger partial charge on any atom is -0.383 e. The largest absolute Gasteiger partial charge is 0.383 e. The second-order valence-electron chi connectivity index (χ2n) is 4.08. The van der Waals surface area contributed by atoms with Crippen LogP contribution in [0.25, 0.3) is 0 Å². The molecule has 1 aliphatic heterocycles. The second-order valence-corrected chi connectivity index (χ2v) is 4.08. The maximum absolute atomic E-state index is 5.95. The van der Waals surface area contributed by atoms with Crippen LogP contribution in [-0.4, -0.2) is 38.5 Å². The predicted octanol–water partition coefficient (Wildman–Crippen LogP) is 0.934. The van der Waals surface area contributed by atoms with E-state index in [-0.39, 0.29) is 5.60 Å². The molecular weight excluding hydrogens is 166 g/mol. The summed E-state index contributed by atoms with van der Waals surface area (Å²) >= 11 is 0. The van der Waals surface area contributed by atoms with Crippen LogP contribution in [0.4, 0.5) is 0 Å². The van der Waals surface area contributed by atoms with Gasteiger partial charge in [0, 0.05) is 13.7 Å². The molecule has 0 aromatic heterocycles. The minimum atomic E-state index is 0.105. The zero-order chi connectivity index (χ0) is 9.15. The highest BCUT2D eigenvalue weighted by Crippen LogP contribution is 2.37. The molecule has 1 saturated heterocycles. The van der Waals surface area contributed by atoms with Crippen molar-refractivity contribution >= 4 is 0 Å². The SMILES string of the molecule is COCC1NCCOC12CCCC2. The Bertz CT molecular complexity index is 164. The molecule has 0 aromatic rings. The minimum absolute atomic E-state index is 0.105. The molecule has 1 aliphatic carbocycles. The van der Waals surface area contributed by atoms with Crippen molar-refractivity contribution in [3.05, 3.63) is 0 Å². The van der Waals surface area contributed by atoms with Crippen molar-refractivity contribution in [1.82, 2.24) is 5.32 Å². The summed E-state index contributed by atoms with van der Waals surface area (Å²) in [5, 5.41) is 3.50. The monoisotopic (exact) mass is 185 g/mol. The number of methoxy groups -OCH3 is 1. The van der Waals surface area contributed by atoms with Gasteiger partial charge in [0.15, 0.2) is 0 Å². The molecule has 1 atom stereocenters. The number of morpholine rings is 1. The van der Waals surface area contributed by atoms with E-state index < -0.39 is 0 Å². The molecule has 1 N–H and O–H groups in total. The summed E-state index contributed by atoms with van der Waals surface area (Å²) in [6.45, 7) is 2.61. The summed E-state index contributed by atoms with van der Waals surface area (Å²) in [4.78, 5) is 0. The van der Waals surface area contributed by atoms with Gasteiger partial charge in [0.25, 0.3) is 0 Å². The van der Waals surface area contributed by atoms with Gasteiger partial charge in [-0.25, -0.2) is 0 Å². The summed E-state index contributed by atoms with van der Waals surface area (Å²) in [6.07, 6.45) is 5.02. The first-order valence-corrected chi connectivity index (χ1v) is 5.24. The maximum Gasteiger partial charge on any atom is 0.0857 e. The lowest BCUT2D eigenvalue weighted by Gasteiger charge is -2.41. The van der Waals surface area contributed by atoms with Gasteiger partial charge < -0.3 is 14.8 Å². The van der Waals surface area contributed by atoms with E-state index in [1.807, 2.05) is 0 Å². The smallest absolute Gasteiger partial charge is 0.0857 e. The summed E-state index contributed by atoms with van der Waals surface area (Å²) in [6, 6.07) is 0.411. The highest BCUT2D eigenvalue weighted by molar-refractivity contribution is 4.99. The molecule has 2 rings (SSSR count). The number of rotatable bonds is 2. The van der Waals surface area contributed by atoms with Crippen LogP contribution in [0, 0.1) is 0 Å². The average molecular weight is 185 g/mol. The summed E-state index contributed by atoms with van der Waals surface area (Å²) in [5.74, 6) is 0. The number of hydrogen-bond donors (Lipinski definition) is 1. The Morgan fingerprint density at radius 2 is 2.23 bits per heavy atom. The lowest BCUT2D eigenvalue weighted by Crippen LogP contribution is -2.58. The highest BCUT2D eigenvalue weighted by Gasteiger charge is 2.43. The fourth-order valence-electron chi connectivity index (χ4n) is 2.62. The van der Waals surface area contributed by atoms with Crippen molar-refractivity contribution in [3.63, 3.8) is 0 Å². The molecule has 1 saturated carbocycles. The second kappa shape index (κ2) is 3.95. The van der Waals surface area contributed by atoms with Gasteiger partial charge >= 0.3 is 0 Å². The third-order valence-electron chi connectivity index (χ3n) is 3.30. The lowest BCUT2D eigenvalue weighted by atomic mass is 9.91. The van der Waals surface area contributed by atoms with Crippen LogP contribution in [0.5, 0.6) is 0 Å². The fourth-order valence-corrected chi connectivity index (χ4v) is 2.62. The van der Waals surface area contributed by atoms with Crippen molar-refractivity contribution in [3.8, 4) is 0 Å². The Hall–Kier alpha value is -0.120. The van der Waals surface area contributed by atoms with E-state index >= 15 is 0 Å². The van der Waals surface area contributed by atoms with Gasteiger partial charge in [-0.05, 0) is 12.8 Å². The summed E-state index contributed by atoms with van der Waals surface area (Å²) in [7, 11) is 1.76. The Morgan fingerprint density at radius 1 is 1.46 bits per heavy atom. The van der Waals surface area contributed by atoms with Crippen LogP contribution in [0.1, 0.15) is 25.7 Å². The van der Waals surface area contributed by atoms with E-state index in [2.05, 4.69) is 5.32 Å². The van der Waals surface area contributed by atoms with Crippen molar-refractivity contribution in [1.29, 1.82) is 0 Å². The van der Waals surface area contributed by atoms with Crippen molar-refractivity contribution in [2.45, 2.75) is 37.3 Å². The van der Waals surface area contributed by atoms with E-state index in [1.54, 1.807) is 7.11 Å². The van der Waals surface area contributed by atoms with Gasteiger partial charge in [0.2, 0.25) is 0 Å². The van der Waals surface area contributed by atoms with Crippen LogP contribution in [0.2, 0.25) is 0 Å². The molecule has 0 radical (unpaired) electrons. The Kier molecular flexibility index (Phi) is 2.86. The van der Waals surface area contributed by atoms with E-state index in [0.29, 0.717) is 6.04 Å². The van der Waals surface area contributed by atoms with Gasteiger partial charge in [-0.15, -0.1) is 0 Å². The lowest BCUT2D eigenvalue weighted by molar-refractivity contribution is -0.106. The standard InChI is InChI=1S/C10H19NO2/c1-12-8-9-10(4-2-3-5-10)13-7-6-11-9/h9,11H,2-8H2,1H3. The van der Waals surface area contributed by atoms with Crippen molar-refractivity contribution in [2.24, 2.45) is 0 Å². The van der Waals surface area contributed by atoms with Crippen LogP contribution in [-0.2, 0) is 9.47 Å². The third-order valence-corrected chi connectivity index (χ3v) is 3.30. The first kappa shape index (κ1) is 9.44. The molecule has 3 nitrogen and oxygen atoms in total. The number of ether oxygens (including phenoxy) is 2. The molecule has 13 heavy (non-hydrogen) atoms. The first-order valence-electron chi connectivity index (χ1n) is 5.24. The highest BCUT2D eigenvalue weighted by atomic mass is 16.5. The van der Waals surface area contributed by atoms with Gasteiger partial charge in [-0.3, -0.25) is 0 Å². The molecule has 2 fully saturated rings. The fraction of sp³-hybridized carbons (Fsp3) is 1.00. The molecule has 0 amide bonds. The summed E-state index contributed by atoms with van der Waals surface area (Å²) < 4.78 is 11.2. The van der Waals surface area contributed by atoms with Crippen molar-refractivity contribution < 1.29 is 9.47 Å². The zero-order valence-electron chi connectivity index (χ0n) is 8.34. The number of nitrogens with one attached hydrogen (secondary N) is 1. The molecule has 0 bridgehead atoms. The predicted molar refractivity (Wildman–Crippen MR) is 50.8 cm³/mol. The molecule has 1 heterocycles. The van der Waals surface area contributed by atoms with Gasteiger partial charge in [-0.2, -0.15) is 0 Å². The Balaban J connectivity index is 2.03. The zero-order valence-corrected chi connectivity index (χ0v) is 8.34. The molecule has 2 aliphatic rings. The van der Waals surface area contributed by atoms with Gasteiger partial charge in [0.05, 0.1) is 24.9 Å². The van der Waals surface area contributed by atoms with Crippen LogP contribution >= 0.6 is 0 Å². The normalized spacial score (nSPS) is 32.5. The van der Waals surface area contributed by atoms with Gasteiger partial charge in [0.1, 0.15) is 0 Å². The number of hydrogen-bond acceptors (Lipinski definition) is 3. The Labute approximate surface area is 79.8 Å². The molecule has 3 heteroatoms. The van der Waals surface area contributed by atoms with Gasteiger partial charge in [-0.1, -0.05) is 12.8 Å². The van der Waals surface area contributed by atoms with Crippen LogP contribution < -0.4 is 5.32 Å². The Morgan fingerprint density at radius 3 is 2.92 bits per heavy atom. The molecule has 1 spiro atoms. The maximum atomic E-state index is 5.95. The van der Waals surface area contributed by atoms with E-state index in [1.165, 1.54) is 25.7 Å². The van der Waals surface area contributed by atoms with Crippen molar-refractivity contribution in [2.75, 3.05) is 26.9 Å². The average Bonchev–Trinajstić information content (AvgIpc) is 2.59. The third kappa shape index (κ3) is 1.73. The topological polar surface area (TPSA) is 30.5 Å². The molecule has 76 valence electrons. The molecular formula is C10H19NO2. The van der Waals surface area contributed by atoms with E-state index in [4.69, 9.17) is 9.47 Å². The first-order chi connectivity index (χ1) is 6.37. The quantitative estimate of drug-likeness (QED) is 0.694.